The van der Waals surface area contributed by atoms with Crippen LogP contribution in [0, 0.1) is 5.92 Å². The number of fused-ring (bicyclic) bond motifs is 1. The van der Waals surface area contributed by atoms with Crippen molar-refractivity contribution < 1.29 is 4.79 Å². The average Bonchev–Trinajstić information content (AvgIpc) is 3.26. The Hall–Kier alpha value is -1.81. The fourth-order valence-corrected chi connectivity index (χ4v) is 3.37. The van der Waals surface area contributed by atoms with Crippen LogP contribution in [-0.4, -0.2) is 28.4 Å². The van der Waals surface area contributed by atoms with Crippen LogP contribution < -0.4 is 5.43 Å². The van der Waals surface area contributed by atoms with Crippen LogP contribution in [-0.2, 0) is 11.2 Å². The topological polar surface area (TPSA) is 35.6 Å². The third kappa shape index (κ3) is 2.52. The Morgan fingerprint density at radius 1 is 1.18 bits per heavy atom. The Kier molecular flexibility index (Phi) is 3.41. The van der Waals surface area contributed by atoms with Crippen LogP contribution in [0.25, 0.3) is 0 Å². The van der Waals surface area contributed by atoms with E-state index in [0.717, 1.165) is 25.3 Å². The molecule has 22 heavy (non-hydrogen) atoms. The molecule has 1 N–H and O–H groups in total. The molecule has 0 radical (unpaired) electrons. The summed E-state index contributed by atoms with van der Waals surface area (Å²) in [5, 5.41) is 1.99. The van der Waals surface area contributed by atoms with E-state index in [0.29, 0.717) is 0 Å². The molecular weight excluding hydrogens is 274 g/mol. The van der Waals surface area contributed by atoms with Gasteiger partial charge >= 0.3 is 0 Å². The molecule has 3 aliphatic rings. The van der Waals surface area contributed by atoms with E-state index in [4.69, 9.17) is 0 Å². The summed E-state index contributed by atoms with van der Waals surface area (Å²) in [7, 11) is 0. The first-order valence-electron chi connectivity index (χ1n) is 8.36. The number of carbonyl (C=O) groups excluding carboxylic acids is 1. The SMILES string of the molecule is CCc1ccc(C2CC3C(=O)N(CC4CC4)C=CN3N2)cc1. The lowest BCUT2D eigenvalue weighted by Gasteiger charge is -2.31. The molecule has 0 bridgehead atoms. The first-order valence-corrected chi connectivity index (χ1v) is 8.36. The Bertz CT molecular complexity index is 591. The quantitative estimate of drug-likeness (QED) is 0.928. The number of carbonyl (C=O) groups is 1. The molecule has 1 amide bonds. The van der Waals surface area contributed by atoms with Crippen molar-refractivity contribution >= 4 is 5.91 Å². The van der Waals surface area contributed by atoms with Crippen molar-refractivity contribution in [3.63, 3.8) is 0 Å². The van der Waals surface area contributed by atoms with E-state index in [9.17, 15) is 4.79 Å². The molecule has 2 fully saturated rings. The Morgan fingerprint density at radius 2 is 1.95 bits per heavy atom. The summed E-state index contributed by atoms with van der Waals surface area (Å²) < 4.78 is 0. The highest BCUT2D eigenvalue weighted by molar-refractivity contribution is 5.84. The summed E-state index contributed by atoms with van der Waals surface area (Å²) >= 11 is 0. The van der Waals surface area contributed by atoms with E-state index >= 15 is 0 Å². The van der Waals surface area contributed by atoms with Gasteiger partial charge in [0.05, 0.1) is 6.04 Å². The van der Waals surface area contributed by atoms with Crippen LogP contribution in [0.15, 0.2) is 36.7 Å². The maximum absolute atomic E-state index is 12.6. The number of hydrogen-bond acceptors (Lipinski definition) is 3. The fourth-order valence-electron chi connectivity index (χ4n) is 3.37. The van der Waals surface area contributed by atoms with Gasteiger partial charge in [-0.25, -0.2) is 5.43 Å². The number of nitrogens with zero attached hydrogens (tertiary/aromatic N) is 2. The molecule has 4 rings (SSSR count). The summed E-state index contributed by atoms with van der Waals surface area (Å²) in [5.41, 5.74) is 6.08. The predicted octanol–water partition coefficient (Wildman–Crippen LogP) is 2.59. The maximum Gasteiger partial charge on any atom is 0.250 e. The minimum absolute atomic E-state index is 0.0559. The van der Waals surface area contributed by atoms with Crippen LogP contribution >= 0.6 is 0 Å². The van der Waals surface area contributed by atoms with Gasteiger partial charge in [0.15, 0.2) is 0 Å². The number of amides is 1. The minimum Gasteiger partial charge on any atom is -0.315 e. The summed E-state index contributed by atoms with van der Waals surface area (Å²) in [5.74, 6) is 0.974. The second-order valence-corrected chi connectivity index (χ2v) is 6.67. The zero-order valence-corrected chi connectivity index (χ0v) is 13.0. The van der Waals surface area contributed by atoms with Gasteiger partial charge in [-0.3, -0.25) is 4.79 Å². The predicted molar refractivity (Wildman–Crippen MR) is 85.5 cm³/mol. The van der Waals surface area contributed by atoms with Gasteiger partial charge in [0.25, 0.3) is 5.91 Å². The van der Waals surface area contributed by atoms with Crippen LogP contribution in [0.2, 0.25) is 0 Å². The molecule has 1 aromatic carbocycles. The van der Waals surface area contributed by atoms with Crippen LogP contribution in [0.5, 0.6) is 0 Å². The van der Waals surface area contributed by atoms with Crippen LogP contribution in [0.3, 0.4) is 0 Å². The molecule has 1 aliphatic carbocycles. The molecular formula is C18H23N3O. The molecule has 4 nitrogen and oxygen atoms in total. The number of aryl methyl sites for hydroxylation is 1. The summed E-state index contributed by atoms with van der Waals surface area (Å²) in [6.07, 6.45) is 8.41. The van der Waals surface area contributed by atoms with Crippen molar-refractivity contribution in [2.24, 2.45) is 5.92 Å². The standard InChI is InChI=1S/C18H23N3O/c1-2-13-5-7-15(8-6-13)16-11-17-18(22)20(12-14-3-4-14)9-10-21(17)19-16/h5-10,14,16-17,19H,2-4,11-12H2,1H3. The van der Waals surface area contributed by atoms with E-state index in [-0.39, 0.29) is 18.0 Å². The van der Waals surface area contributed by atoms with Gasteiger partial charge in [0, 0.05) is 18.9 Å². The van der Waals surface area contributed by atoms with Crippen LogP contribution in [0.1, 0.15) is 43.4 Å². The van der Waals surface area contributed by atoms with E-state index in [1.54, 1.807) is 0 Å². The summed E-state index contributed by atoms with van der Waals surface area (Å²) in [6, 6.07) is 8.91. The molecule has 2 aliphatic heterocycles. The molecule has 2 heterocycles. The number of hydrogen-bond donors (Lipinski definition) is 1. The van der Waals surface area contributed by atoms with Crippen molar-refractivity contribution in [2.45, 2.75) is 44.7 Å². The molecule has 1 saturated heterocycles. The number of hydrazine groups is 1. The van der Waals surface area contributed by atoms with Gasteiger partial charge in [0.2, 0.25) is 0 Å². The first-order chi connectivity index (χ1) is 10.7. The molecule has 2 atom stereocenters. The first kappa shape index (κ1) is 13.8. The van der Waals surface area contributed by atoms with Crippen molar-refractivity contribution in [1.82, 2.24) is 15.3 Å². The summed E-state index contributed by atoms with van der Waals surface area (Å²) in [4.78, 5) is 14.6. The second-order valence-electron chi connectivity index (χ2n) is 6.67. The molecule has 2 unspecified atom stereocenters. The molecule has 0 aromatic heterocycles. The van der Waals surface area contributed by atoms with E-state index in [1.165, 1.54) is 24.0 Å². The van der Waals surface area contributed by atoms with Gasteiger partial charge in [-0.1, -0.05) is 31.2 Å². The average molecular weight is 297 g/mol. The van der Waals surface area contributed by atoms with Crippen LogP contribution in [0.4, 0.5) is 0 Å². The van der Waals surface area contributed by atoms with Gasteiger partial charge in [-0.05, 0) is 42.7 Å². The smallest absolute Gasteiger partial charge is 0.250 e. The Labute approximate surface area is 131 Å². The van der Waals surface area contributed by atoms with Gasteiger partial charge in [-0.2, -0.15) is 0 Å². The highest BCUT2D eigenvalue weighted by atomic mass is 16.2. The fraction of sp³-hybridized carbons (Fsp3) is 0.500. The zero-order chi connectivity index (χ0) is 15.1. The van der Waals surface area contributed by atoms with Crippen molar-refractivity contribution in [1.29, 1.82) is 0 Å². The minimum atomic E-state index is -0.0559. The monoisotopic (exact) mass is 297 g/mol. The molecule has 4 heteroatoms. The Balaban J connectivity index is 1.47. The normalized spacial score (nSPS) is 27.4. The lowest BCUT2D eigenvalue weighted by molar-refractivity contribution is -0.134. The van der Waals surface area contributed by atoms with Gasteiger partial charge in [-0.15, -0.1) is 0 Å². The van der Waals surface area contributed by atoms with Crippen molar-refractivity contribution in [3.05, 3.63) is 47.8 Å². The number of rotatable bonds is 4. The second kappa shape index (κ2) is 5.43. The van der Waals surface area contributed by atoms with E-state index < -0.39 is 0 Å². The Morgan fingerprint density at radius 3 is 2.64 bits per heavy atom. The van der Waals surface area contributed by atoms with E-state index in [2.05, 4.69) is 36.6 Å². The molecule has 1 saturated carbocycles. The lowest BCUT2D eigenvalue weighted by Crippen LogP contribution is -2.48. The maximum atomic E-state index is 12.6. The molecule has 116 valence electrons. The van der Waals surface area contributed by atoms with Crippen molar-refractivity contribution in [2.75, 3.05) is 6.54 Å². The molecule has 1 aromatic rings. The van der Waals surface area contributed by atoms with Crippen molar-refractivity contribution in [3.8, 4) is 0 Å². The summed E-state index contributed by atoms with van der Waals surface area (Å²) in [6.45, 7) is 3.07. The van der Waals surface area contributed by atoms with Gasteiger partial charge < -0.3 is 9.91 Å². The highest BCUT2D eigenvalue weighted by Crippen LogP contribution is 2.34. The third-order valence-electron chi connectivity index (χ3n) is 5.02. The zero-order valence-electron chi connectivity index (χ0n) is 13.0. The van der Waals surface area contributed by atoms with Gasteiger partial charge in [0.1, 0.15) is 6.04 Å². The molecule has 0 spiro atoms. The number of nitrogens with one attached hydrogen (secondary N) is 1. The number of benzene rings is 1. The highest BCUT2D eigenvalue weighted by Gasteiger charge is 2.41. The van der Waals surface area contributed by atoms with E-state index in [1.807, 2.05) is 22.3 Å². The largest absolute Gasteiger partial charge is 0.315 e. The third-order valence-corrected chi connectivity index (χ3v) is 5.02. The lowest BCUT2D eigenvalue weighted by atomic mass is 9.99.